The Morgan fingerprint density at radius 1 is 1.39 bits per heavy atom. The van der Waals surface area contributed by atoms with Gasteiger partial charge in [0.1, 0.15) is 0 Å². The number of rotatable bonds is 1. The number of benzene rings is 1. The van der Waals surface area contributed by atoms with Crippen LogP contribution in [0.5, 0.6) is 0 Å². The third-order valence-corrected chi connectivity index (χ3v) is 5.42. The molecule has 2 nitrogen and oxygen atoms in total. The molecule has 3 rings (SSSR count). The average molecular weight is 370 g/mol. The van der Waals surface area contributed by atoms with Gasteiger partial charge < -0.3 is 10.6 Å². The summed E-state index contributed by atoms with van der Waals surface area (Å²) in [6.45, 7) is 3.38. The molecule has 0 amide bonds. The highest BCUT2D eigenvalue weighted by Crippen LogP contribution is 2.37. The smallest absolute Gasteiger partial charge is 0.0525 e. The summed E-state index contributed by atoms with van der Waals surface area (Å²) in [5.74, 6) is 0. The van der Waals surface area contributed by atoms with Gasteiger partial charge in [-0.15, -0.1) is 11.3 Å². The fourth-order valence-electron chi connectivity index (χ4n) is 2.59. The van der Waals surface area contributed by atoms with E-state index in [-0.39, 0.29) is 0 Å². The number of thiophene rings is 1. The van der Waals surface area contributed by atoms with E-state index in [4.69, 9.17) is 5.73 Å². The summed E-state index contributed by atoms with van der Waals surface area (Å²) < 4.78 is 1.23. The van der Waals surface area contributed by atoms with Crippen LogP contribution in [0.2, 0.25) is 0 Å². The molecular weight excluding hydrogens is 355 g/mol. The van der Waals surface area contributed by atoms with Crippen LogP contribution < -0.4 is 10.6 Å². The van der Waals surface area contributed by atoms with Gasteiger partial charge in [0.05, 0.1) is 11.7 Å². The molecule has 0 bridgehead atoms. The highest BCUT2D eigenvalue weighted by Gasteiger charge is 2.25. The van der Waals surface area contributed by atoms with Gasteiger partial charge in [-0.25, -0.2) is 0 Å². The Morgan fingerprint density at radius 2 is 2.22 bits per heavy atom. The van der Waals surface area contributed by atoms with Crippen LogP contribution in [0.4, 0.5) is 11.4 Å². The SMILES string of the molecule is CC1c2ccsc2CCN1c1ccc(N)cc1I. The maximum Gasteiger partial charge on any atom is 0.0525 e. The summed E-state index contributed by atoms with van der Waals surface area (Å²) in [5.41, 5.74) is 9.45. The van der Waals surface area contributed by atoms with Crippen LogP contribution in [0.25, 0.3) is 0 Å². The van der Waals surface area contributed by atoms with Crippen LogP contribution in [0.3, 0.4) is 0 Å². The third-order valence-electron chi connectivity index (χ3n) is 3.56. The maximum atomic E-state index is 5.83. The second-order valence-corrected chi connectivity index (χ2v) is 6.79. The van der Waals surface area contributed by atoms with Gasteiger partial charge in [-0.3, -0.25) is 0 Å². The molecule has 0 saturated heterocycles. The molecule has 0 spiro atoms. The largest absolute Gasteiger partial charge is 0.399 e. The first-order valence-electron chi connectivity index (χ1n) is 6.05. The fraction of sp³-hybridized carbons (Fsp3) is 0.286. The fourth-order valence-corrected chi connectivity index (χ4v) is 4.41. The van der Waals surface area contributed by atoms with E-state index in [9.17, 15) is 0 Å². The standard InChI is InChI=1S/C14H15IN2S/c1-9-11-5-7-18-14(11)4-6-17(9)13-3-2-10(16)8-12(13)15/h2-3,5,7-9H,4,6,16H2,1H3. The van der Waals surface area contributed by atoms with Crippen LogP contribution in [0.1, 0.15) is 23.4 Å². The molecule has 1 unspecified atom stereocenters. The highest BCUT2D eigenvalue weighted by molar-refractivity contribution is 14.1. The van der Waals surface area contributed by atoms with E-state index in [0.29, 0.717) is 6.04 Å². The Balaban J connectivity index is 1.99. The van der Waals surface area contributed by atoms with Crippen LogP contribution in [-0.2, 0) is 6.42 Å². The number of halogens is 1. The normalized spacial score (nSPS) is 18.8. The minimum Gasteiger partial charge on any atom is -0.399 e. The second-order valence-electron chi connectivity index (χ2n) is 4.63. The van der Waals surface area contributed by atoms with Crippen molar-refractivity contribution in [1.82, 2.24) is 0 Å². The van der Waals surface area contributed by atoms with E-state index in [0.717, 1.165) is 18.7 Å². The Labute approximate surface area is 125 Å². The van der Waals surface area contributed by atoms with Crippen LogP contribution in [-0.4, -0.2) is 6.54 Å². The van der Waals surface area contributed by atoms with Crippen molar-refractivity contribution < 1.29 is 0 Å². The molecule has 94 valence electrons. The third kappa shape index (κ3) is 2.01. The van der Waals surface area contributed by atoms with Gasteiger partial charge >= 0.3 is 0 Å². The van der Waals surface area contributed by atoms with E-state index in [1.807, 2.05) is 23.5 Å². The molecule has 0 fully saturated rings. The van der Waals surface area contributed by atoms with Crippen molar-refractivity contribution >= 4 is 45.3 Å². The first-order chi connectivity index (χ1) is 8.66. The molecule has 1 atom stereocenters. The lowest BCUT2D eigenvalue weighted by atomic mass is 10.0. The van der Waals surface area contributed by atoms with Crippen molar-refractivity contribution in [2.75, 3.05) is 17.2 Å². The molecule has 0 radical (unpaired) electrons. The highest BCUT2D eigenvalue weighted by atomic mass is 127. The summed E-state index contributed by atoms with van der Waals surface area (Å²) in [6, 6.07) is 8.91. The Kier molecular flexibility index (Phi) is 3.23. The second kappa shape index (κ2) is 4.74. The molecule has 2 aromatic rings. The lowest BCUT2D eigenvalue weighted by Gasteiger charge is -2.36. The molecular formula is C14H15IN2S. The van der Waals surface area contributed by atoms with Crippen molar-refractivity contribution in [1.29, 1.82) is 0 Å². The van der Waals surface area contributed by atoms with Crippen LogP contribution in [0, 0.1) is 3.57 Å². The Hall–Kier alpha value is -0.750. The predicted molar refractivity (Wildman–Crippen MR) is 87.4 cm³/mol. The first kappa shape index (κ1) is 12.3. The Bertz CT molecular complexity index is 579. The van der Waals surface area contributed by atoms with Gasteiger partial charge in [0.25, 0.3) is 0 Å². The van der Waals surface area contributed by atoms with E-state index in [1.165, 1.54) is 14.8 Å². The van der Waals surface area contributed by atoms with Crippen molar-refractivity contribution in [3.63, 3.8) is 0 Å². The number of hydrogen-bond acceptors (Lipinski definition) is 3. The zero-order chi connectivity index (χ0) is 12.7. The van der Waals surface area contributed by atoms with Crippen LogP contribution in [0.15, 0.2) is 29.6 Å². The minimum atomic E-state index is 0.456. The van der Waals surface area contributed by atoms with E-state index in [1.54, 1.807) is 4.88 Å². The molecule has 0 saturated carbocycles. The summed E-state index contributed by atoms with van der Waals surface area (Å²) in [5, 5.41) is 2.21. The monoisotopic (exact) mass is 370 g/mol. The topological polar surface area (TPSA) is 29.3 Å². The first-order valence-corrected chi connectivity index (χ1v) is 8.00. The van der Waals surface area contributed by atoms with Gasteiger partial charge in [-0.05, 0) is 71.1 Å². The number of fused-ring (bicyclic) bond motifs is 1. The molecule has 1 aromatic heterocycles. The summed E-state index contributed by atoms with van der Waals surface area (Å²) >= 11 is 4.26. The van der Waals surface area contributed by atoms with Crippen molar-refractivity contribution in [3.05, 3.63) is 43.7 Å². The zero-order valence-corrected chi connectivity index (χ0v) is 13.2. The molecule has 1 aromatic carbocycles. The zero-order valence-electron chi connectivity index (χ0n) is 10.2. The van der Waals surface area contributed by atoms with Gasteiger partial charge in [0.2, 0.25) is 0 Å². The molecule has 2 N–H and O–H groups in total. The number of anilines is 2. The molecule has 1 aliphatic heterocycles. The quantitative estimate of drug-likeness (QED) is 0.606. The van der Waals surface area contributed by atoms with E-state index < -0.39 is 0 Å². The lowest BCUT2D eigenvalue weighted by Crippen LogP contribution is -2.33. The van der Waals surface area contributed by atoms with Crippen molar-refractivity contribution in [2.45, 2.75) is 19.4 Å². The number of nitrogens with two attached hydrogens (primary N) is 1. The molecule has 1 aliphatic rings. The number of hydrogen-bond donors (Lipinski definition) is 1. The molecule has 4 heteroatoms. The lowest BCUT2D eigenvalue weighted by molar-refractivity contribution is 0.632. The van der Waals surface area contributed by atoms with Gasteiger partial charge in [-0.1, -0.05) is 0 Å². The summed E-state index contributed by atoms with van der Waals surface area (Å²) in [6.07, 6.45) is 1.15. The Morgan fingerprint density at radius 3 is 3.00 bits per heavy atom. The number of nitrogens with zero attached hydrogens (tertiary/aromatic N) is 1. The van der Waals surface area contributed by atoms with E-state index in [2.05, 4.69) is 51.9 Å². The average Bonchev–Trinajstić information content (AvgIpc) is 2.80. The number of nitrogen functional groups attached to an aromatic ring is 1. The van der Waals surface area contributed by atoms with Gasteiger partial charge in [-0.2, -0.15) is 0 Å². The molecule has 0 aliphatic carbocycles. The van der Waals surface area contributed by atoms with E-state index >= 15 is 0 Å². The minimum absolute atomic E-state index is 0.456. The van der Waals surface area contributed by atoms with Crippen molar-refractivity contribution in [3.8, 4) is 0 Å². The predicted octanol–water partition coefficient (Wildman–Crippen LogP) is 4.06. The van der Waals surface area contributed by atoms with Crippen molar-refractivity contribution in [2.24, 2.45) is 0 Å². The molecule has 18 heavy (non-hydrogen) atoms. The summed E-state index contributed by atoms with van der Waals surface area (Å²) in [7, 11) is 0. The maximum absolute atomic E-state index is 5.83. The summed E-state index contributed by atoms with van der Waals surface area (Å²) in [4.78, 5) is 4.03. The van der Waals surface area contributed by atoms with Crippen LogP contribution >= 0.6 is 33.9 Å². The molecule has 2 heterocycles. The van der Waals surface area contributed by atoms with Gasteiger partial charge in [0, 0.05) is 20.7 Å². The van der Waals surface area contributed by atoms with Gasteiger partial charge in [0.15, 0.2) is 0 Å².